The Hall–Kier alpha value is -8.19. The van der Waals surface area contributed by atoms with Gasteiger partial charge in [-0.05, 0) is 242 Å². The van der Waals surface area contributed by atoms with Gasteiger partial charge in [-0.1, -0.05) is 188 Å². The van der Waals surface area contributed by atoms with Crippen molar-refractivity contribution < 1.29 is 28.3 Å². The second kappa shape index (κ2) is 35.9. The number of pyridine rings is 1. The van der Waals surface area contributed by atoms with Crippen molar-refractivity contribution in [2.24, 2.45) is 29.6 Å². The highest BCUT2D eigenvalue weighted by molar-refractivity contribution is 6.02. The van der Waals surface area contributed by atoms with Crippen molar-refractivity contribution >= 4 is 39.7 Å². The number of carbonyl (C=O) groups excluding carboxylic acids is 3. The SMILES string of the molecule is C=CC1(C)CC2CCN1CC2[C@@H](c1ccnc2ccc(OC)cc12)C(C)C.CC(C)c1ccc(C(=O)N(C)C)cc1.CC(C)c1ccc2c3c1O[C@H]1C(C)C=C[C@H]4C(C2)N(C)CC[C@@]341.CCCc1ccc(C(C)C)cc1.Cc1cc(CCN2C(=O)CCC2=O)c(C(C)C)cc1C.Cc1nc2ccc(C(C)C)cc2o1. The molecule has 2 aromatic heterocycles. The minimum Gasteiger partial charge on any atom is -0.497 e. The molecule has 5 fully saturated rings. The summed E-state index contributed by atoms with van der Waals surface area (Å²) in [6, 6.07) is 41.3. The molecule has 8 heterocycles. The molecule has 12 heteroatoms. The largest absolute Gasteiger partial charge is 0.497 e. The first-order valence-corrected chi connectivity index (χ1v) is 41.1. The van der Waals surface area contributed by atoms with Gasteiger partial charge in [-0.15, -0.1) is 6.58 Å². The van der Waals surface area contributed by atoms with E-state index in [1.807, 2.05) is 49.5 Å². The second-order valence-electron chi connectivity index (χ2n) is 34.7. The molecule has 109 heavy (non-hydrogen) atoms. The molecule has 8 aliphatic rings. The minimum atomic E-state index is -0.0232. The van der Waals surface area contributed by atoms with Gasteiger partial charge in [0, 0.05) is 98.5 Å². The number of hydrogen-bond donors (Lipinski definition) is 0. The Morgan fingerprint density at radius 2 is 1.36 bits per heavy atom. The molecule has 1 spiro atoms. The van der Waals surface area contributed by atoms with Gasteiger partial charge in [0.15, 0.2) is 11.5 Å². The molecule has 584 valence electrons. The number of carbonyl (C=O) groups is 3. The van der Waals surface area contributed by atoms with Gasteiger partial charge >= 0.3 is 0 Å². The first-order chi connectivity index (χ1) is 51.8. The van der Waals surface area contributed by atoms with Crippen LogP contribution in [0, 0.1) is 50.4 Å². The van der Waals surface area contributed by atoms with Crippen LogP contribution >= 0.6 is 0 Å². The molecular weight excluding hydrogens is 1350 g/mol. The lowest BCUT2D eigenvalue weighted by atomic mass is 9.52. The smallest absolute Gasteiger partial charge is 0.253 e. The van der Waals surface area contributed by atoms with E-state index in [1.165, 1.54) is 130 Å². The maximum absolute atomic E-state index is 11.7. The van der Waals surface area contributed by atoms with E-state index in [0.29, 0.717) is 90.7 Å². The Morgan fingerprint density at radius 1 is 0.725 bits per heavy atom. The highest BCUT2D eigenvalue weighted by Crippen LogP contribution is 2.63. The summed E-state index contributed by atoms with van der Waals surface area (Å²) in [4.78, 5) is 52.0. The number of methoxy groups -OCH3 is 1. The first kappa shape index (κ1) is 83.3. The Balaban J connectivity index is 0.000000143. The molecule has 8 aromatic rings. The van der Waals surface area contributed by atoms with Crippen molar-refractivity contribution in [1.29, 1.82) is 0 Å². The van der Waals surface area contributed by atoms with Crippen LogP contribution in [0.1, 0.15) is 261 Å². The summed E-state index contributed by atoms with van der Waals surface area (Å²) in [6.45, 7) is 48.0. The zero-order valence-electron chi connectivity index (χ0n) is 70.3. The van der Waals surface area contributed by atoms with E-state index in [9.17, 15) is 14.4 Å². The van der Waals surface area contributed by atoms with Crippen LogP contribution in [0.5, 0.6) is 11.5 Å². The summed E-state index contributed by atoms with van der Waals surface area (Å²) >= 11 is 0. The molecule has 6 unspecified atom stereocenters. The van der Waals surface area contributed by atoms with Gasteiger partial charge in [0.2, 0.25) is 11.8 Å². The number of ether oxygens (including phenoxy) is 2. The van der Waals surface area contributed by atoms with Crippen LogP contribution in [0.3, 0.4) is 0 Å². The molecule has 10 atom stereocenters. The van der Waals surface area contributed by atoms with Crippen LogP contribution < -0.4 is 9.47 Å². The lowest BCUT2D eigenvalue weighted by molar-refractivity contribution is -0.138. The highest BCUT2D eigenvalue weighted by atomic mass is 16.5. The molecule has 6 aromatic carbocycles. The van der Waals surface area contributed by atoms with E-state index in [2.05, 4.69) is 248 Å². The maximum atomic E-state index is 11.7. The third-order valence-electron chi connectivity index (χ3n) is 25.0. The number of imide groups is 1. The number of likely N-dealkylation sites (N-methyl/N-ethyl adjacent to an activating group) is 1. The quantitative estimate of drug-likeness (QED) is 0.0683. The van der Waals surface area contributed by atoms with Crippen LogP contribution in [0.2, 0.25) is 0 Å². The summed E-state index contributed by atoms with van der Waals surface area (Å²) in [6.07, 6.45) is 18.4. The summed E-state index contributed by atoms with van der Waals surface area (Å²) in [5.74, 6) is 9.28. The predicted octanol–water partition coefficient (Wildman–Crippen LogP) is 21.8. The van der Waals surface area contributed by atoms with Gasteiger partial charge in [0.05, 0.1) is 12.6 Å². The van der Waals surface area contributed by atoms with Crippen LogP contribution in [-0.4, -0.2) is 119 Å². The molecule has 5 saturated heterocycles. The van der Waals surface area contributed by atoms with Gasteiger partial charge in [-0.2, -0.15) is 0 Å². The average Bonchev–Trinajstić information content (AvgIpc) is 1.54. The van der Waals surface area contributed by atoms with Crippen LogP contribution in [0.25, 0.3) is 22.0 Å². The van der Waals surface area contributed by atoms with Gasteiger partial charge < -0.3 is 23.7 Å². The standard InChI is InChI=1S/C24H32N2O.C21H27NO.C17H23NO2.C12H17NO.C12H18.C11H13NO/c1-6-24(4)14-17-10-12-26(24)15-21(17)23(16(2)3)19-9-11-25-22-8-7-18(27-5)13-20(19)22;1-12(2)15-7-6-14-11-17-16-8-5-13(3)20-21(16,9-10-22(17)4)18(14)19(15)23-20;1-11(2)15-10-13(4)12(3)9-14(15)7-8-18-16(19)5-6-17(18)20;1-9(2)10-5-7-11(8-6-10)12(14)13(3)4;1-4-5-11-6-8-12(9-7-11)10(2)3;1-7(2)9-4-5-10-11(6-9)13-8(3)12-10/h6-9,11,13,16-17,21,23H,1,10,12,14-15H2,2-5H3;5-8,12-13,16-17,20H,9-11H2,1-4H3;9-11H,5-8H2,1-4H3;5-9H,1-4H3;6-10H,4-5H2,1-3H3;4-7H,1-3H3/t17?,21?,23-,24?;13?,16-,17?,20-,21-;;;;/m10..../s1. The van der Waals surface area contributed by atoms with Crippen molar-refractivity contribution in [3.8, 4) is 11.5 Å². The highest BCUT2D eigenvalue weighted by Gasteiger charge is 2.63. The number of aryl methyl sites for hydroxylation is 4. The van der Waals surface area contributed by atoms with Gasteiger partial charge in [-0.25, -0.2) is 4.98 Å². The lowest BCUT2D eigenvalue weighted by Gasteiger charge is -2.57. The number of rotatable bonds is 16. The number of oxazole rings is 1. The van der Waals surface area contributed by atoms with E-state index in [-0.39, 0.29) is 28.7 Å². The number of hydrogen-bond acceptors (Lipinski definition) is 10. The van der Waals surface area contributed by atoms with Crippen molar-refractivity contribution in [1.82, 2.24) is 29.6 Å². The number of likely N-dealkylation sites (tertiary alicyclic amines) is 2. The minimum absolute atomic E-state index is 0.0232. The molecule has 2 aliphatic carbocycles. The van der Waals surface area contributed by atoms with Crippen molar-refractivity contribution in [2.75, 3.05) is 54.4 Å². The van der Waals surface area contributed by atoms with E-state index < -0.39 is 0 Å². The summed E-state index contributed by atoms with van der Waals surface area (Å²) in [7, 11) is 7.57. The van der Waals surface area contributed by atoms with E-state index in [0.717, 1.165) is 46.2 Å². The number of piperidine rings is 4. The molecule has 4 bridgehead atoms. The van der Waals surface area contributed by atoms with Crippen LogP contribution in [-0.2, 0) is 34.3 Å². The summed E-state index contributed by atoms with van der Waals surface area (Å²) < 4.78 is 17.7. The number of benzene rings is 6. The Labute approximate surface area is 654 Å². The van der Waals surface area contributed by atoms with Gasteiger partial charge in [-0.3, -0.25) is 29.2 Å². The number of nitrogens with zero attached hydrogens (tertiary/aromatic N) is 6. The van der Waals surface area contributed by atoms with Crippen molar-refractivity contribution in [3.05, 3.63) is 224 Å². The fourth-order valence-electron chi connectivity index (χ4n) is 18.5. The second-order valence-corrected chi connectivity index (χ2v) is 34.7. The maximum Gasteiger partial charge on any atom is 0.253 e. The lowest BCUT2D eigenvalue weighted by Crippen LogP contribution is -2.63. The zero-order valence-corrected chi connectivity index (χ0v) is 70.3. The van der Waals surface area contributed by atoms with E-state index in [4.69, 9.17) is 13.9 Å². The molecular formula is C97H130N6O6. The average molecular weight is 1480 g/mol. The zero-order chi connectivity index (χ0) is 79.1. The normalized spacial score (nSPS) is 22.9. The van der Waals surface area contributed by atoms with E-state index in [1.54, 1.807) is 37.2 Å². The number of fused-ring (bicyclic) bond motifs is 5. The number of amides is 3. The topological polar surface area (TPSA) is 122 Å². The third-order valence-corrected chi connectivity index (χ3v) is 25.0. The van der Waals surface area contributed by atoms with Crippen LogP contribution in [0.4, 0.5) is 0 Å². The summed E-state index contributed by atoms with van der Waals surface area (Å²) in [5, 5.41) is 1.25. The molecule has 0 saturated carbocycles. The molecule has 12 nitrogen and oxygen atoms in total. The molecule has 6 aliphatic heterocycles. The molecule has 0 radical (unpaired) electrons. The predicted molar refractivity (Wildman–Crippen MR) is 451 cm³/mol. The van der Waals surface area contributed by atoms with Crippen LogP contribution in [0.15, 0.2) is 151 Å². The van der Waals surface area contributed by atoms with E-state index >= 15 is 0 Å². The van der Waals surface area contributed by atoms with Gasteiger partial charge in [0.25, 0.3) is 5.91 Å². The van der Waals surface area contributed by atoms with Gasteiger partial charge in [0.1, 0.15) is 23.1 Å². The first-order valence-electron chi connectivity index (χ1n) is 41.1. The van der Waals surface area contributed by atoms with Crippen molar-refractivity contribution in [3.63, 3.8) is 0 Å². The monoisotopic (exact) mass is 1480 g/mol. The fraction of sp³-hybridized carbons (Fsp3) is 0.515. The fourth-order valence-corrected chi connectivity index (χ4v) is 18.5. The Kier molecular flexibility index (Phi) is 27.4. The summed E-state index contributed by atoms with van der Waals surface area (Å²) in [5.41, 5.74) is 20.7. The molecule has 3 amide bonds. The Morgan fingerprint density at radius 3 is 1.94 bits per heavy atom. The molecule has 16 rings (SSSR count). The number of aromatic nitrogens is 2. The molecule has 0 N–H and O–H groups in total. The Bertz CT molecular complexity index is 4470. The third kappa shape index (κ3) is 18.4. The van der Waals surface area contributed by atoms with Crippen molar-refractivity contribution in [2.45, 2.75) is 241 Å².